The van der Waals surface area contributed by atoms with Gasteiger partial charge in [0.25, 0.3) is 0 Å². The van der Waals surface area contributed by atoms with E-state index in [1.807, 2.05) is 17.7 Å². The van der Waals surface area contributed by atoms with Crippen molar-refractivity contribution in [2.75, 3.05) is 13.1 Å². The molecule has 0 aromatic carbocycles. The highest BCUT2D eigenvalue weighted by Crippen LogP contribution is 2.24. The first-order chi connectivity index (χ1) is 9.34. The Morgan fingerprint density at radius 3 is 3.16 bits per heavy atom. The molecule has 1 fully saturated rings. The number of hydrogen-bond acceptors (Lipinski definition) is 5. The molecule has 1 aliphatic rings. The van der Waals surface area contributed by atoms with E-state index in [0.717, 1.165) is 37.3 Å². The molecule has 6 heteroatoms. The first-order valence-electron chi connectivity index (χ1n) is 6.75. The van der Waals surface area contributed by atoms with Crippen molar-refractivity contribution in [3.05, 3.63) is 24.2 Å². The van der Waals surface area contributed by atoms with E-state index in [0.29, 0.717) is 11.9 Å². The molecule has 3 rings (SSSR count). The van der Waals surface area contributed by atoms with Crippen molar-refractivity contribution in [2.45, 2.75) is 32.2 Å². The van der Waals surface area contributed by atoms with Gasteiger partial charge < -0.3 is 5.32 Å². The summed E-state index contributed by atoms with van der Waals surface area (Å²) in [6.45, 7) is 4.08. The molecule has 0 radical (unpaired) electrons. The van der Waals surface area contributed by atoms with Crippen LogP contribution in [0.3, 0.4) is 0 Å². The van der Waals surface area contributed by atoms with Crippen LogP contribution in [0, 0.1) is 6.92 Å². The Bertz CT molecular complexity index is 542. The van der Waals surface area contributed by atoms with E-state index >= 15 is 0 Å². The third-order valence-electron chi connectivity index (χ3n) is 3.49. The molecule has 1 N–H and O–H groups in total. The summed E-state index contributed by atoms with van der Waals surface area (Å²) in [6, 6.07) is 2.28. The third kappa shape index (κ3) is 2.63. The Kier molecular flexibility index (Phi) is 3.50. The fourth-order valence-electron chi connectivity index (χ4n) is 2.49. The van der Waals surface area contributed by atoms with Crippen molar-refractivity contribution < 1.29 is 0 Å². The molecule has 2 aromatic rings. The van der Waals surface area contributed by atoms with E-state index < -0.39 is 0 Å². The largest absolute Gasteiger partial charge is 0.317 e. The van der Waals surface area contributed by atoms with Crippen LogP contribution in [-0.2, 0) is 0 Å². The molecule has 1 aliphatic heterocycles. The van der Waals surface area contributed by atoms with Crippen molar-refractivity contribution in [3.8, 4) is 11.5 Å². The molecule has 6 nitrogen and oxygen atoms in total. The molecule has 1 atom stereocenters. The smallest absolute Gasteiger partial charge is 0.179 e. The molecule has 2 aromatic heterocycles. The SMILES string of the molecule is Cc1ccnc(-c2cnnn2C2CCCNCC2)n1. The number of aromatic nitrogens is 5. The molecule has 1 unspecified atom stereocenters. The van der Waals surface area contributed by atoms with E-state index in [1.54, 1.807) is 12.4 Å². The summed E-state index contributed by atoms with van der Waals surface area (Å²) in [4.78, 5) is 8.80. The predicted octanol–water partition coefficient (Wildman–Crippen LogP) is 1.36. The summed E-state index contributed by atoms with van der Waals surface area (Å²) in [5.41, 5.74) is 1.87. The second kappa shape index (κ2) is 5.44. The van der Waals surface area contributed by atoms with Gasteiger partial charge in [-0.05, 0) is 45.3 Å². The van der Waals surface area contributed by atoms with Gasteiger partial charge in [-0.15, -0.1) is 5.10 Å². The molecule has 3 heterocycles. The molecule has 19 heavy (non-hydrogen) atoms. The quantitative estimate of drug-likeness (QED) is 0.880. The molecule has 0 amide bonds. The number of rotatable bonds is 2. The Balaban J connectivity index is 1.93. The average Bonchev–Trinajstić information content (AvgIpc) is 2.75. The van der Waals surface area contributed by atoms with Crippen molar-refractivity contribution in [2.24, 2.45) is 0 Å². The minimum atomic E-state index is 0.386. The molecule has 100 valence electrons. The highest BCUT2D eigenvalue weighted by Gasteiger charge is 2.19. The van der Waals surface area contributed by atoms with Gasteiger partial charge in [0.05, 0.1) is 12.2 Å². The minimum Gasteiger partial charge on any atom is -0.317 e. The zero-order valence-corrected chi connectivity index (χ0v) is 11.1. The first-order valence-corrected chi connectivity index (χ1v) is 6.75. The normalized spacial score (nSPS) is 20.2. The highest BCUT2D eigenvalue weighted by molar-refractivity contribution is 5.47. The fraction of sp³-hybridized carbons (Fsp3) is 0.538. The van der Waals surface area contributed by atoms with Crippen LogP contribution in [-0.4, -0.2) is 38.1 Å². The summed E-state index contributed by atoms with van der Waals surface area (Å²) < 4.78 is 1.99. The summed E-state index contributed by atoms with van der Waals surface area (Å²) in [6.07, 6.45) is 6.90. The van der Waals surface area contributed by atoms with E-state index in [2.05, 4.69) is 25.6 Å². The zero-order valence-electron chi connectivity index (χ0n) is 11.1. The predicted molar refractivity (Wildman–Crippen MR) is 71.5 cm³/mol. The van der Waals surface area contributed by atoms with Crippen LogP contribution in [0.5, 0.6) is 0 Å². The van der Waals surface area contributed by atoms with Gasteiger partial charge >= 0.3 is 0 Å². The second-order valence-electron chi connectivity index (χ2n) is 4.92. The topological polar surface area (TPSA) is 68.5 Å². The fourth-order valence-corrected chi connectivity index (χ4v) is 2.49. The number of nitrogens with zero attached hydrogens (tertiary/aromatic N) is 5. The van der Waals surface area contributed by atoms with Crippen molar-refractivity contribution in [1.82, 2.24) is 30.3 Å². The van der Waals surface area contributed by atoms with Crippen molar-refractivity contribution in [1.29, 1.82) is 0 Å². The summed E-state index contributed by atoms with van der Waals surface area (Å²) in [7, 11) is 0. The second-order valence-corrected chi connectivity index (χ2v) is 4.92. The van der Waals surface area contributed by atoms with E-state index in [4.69, 9.17) is 0 Å². The van der Waals surface area contributed by atoms with Gasteiger partial charge in [-0.3, -0.25) is 0 Å². The monoisotopic (exact) mass is 258 g/mol. The average molecular weight is 258 g/mol. The van der Waals surface area contributed by atoms with Gasteiger partial charge in [0.1, 0.15) is 5.69 Å². The summed E-state index contributed by atoms with van der Waals surface area (Å²) >= 11 is 0. The van der Waals surface area contributed by atoms with E-state index in [-0.39, 0.29) is 0 Å². The maximum absolute atomic E-state index is 4.47. The zero-order chi connectivity index (χ0) is 13.1. The minimum absolute atomic E-state index is 0.386. The van der Waals surface area contributed by atoms with Gasteiger partial charge in [0.2, 0.25) is 0 Å². The highest BCUT2D eigenvalue weighted by atomic mass is 15.4. The molecule has 0 spiro atoms. The third-order valence-corrected chi connectivity index (χ3v) is 3.49. The Labute approximate surface area is 112 Å². The molecular weight excluding hydrogens is 240 g/mol. The molecule has 0 bridgehead atoms. The van der Waals surface area contributed by atoms with Gasteiger partial charge in [-0.2, -0.15) is 0 Å². The standard InChI is InChI=1S/C13H18N6/c1-10-4-8-15-13(17-10)12-9-16-18-19(12)11-3-2-6-14-7-5-11/h4,8-9,11,14H,2-3,5-7H2,1H3. The number of aryl methyl sites for hydroxylation is 1. The molecular formula is C13H18N6. The van der Waals surface area contributed by atoms with Gasteiger partial charge in [0.15, 0.2) is 5.82 Å². The number of nitrogens with one attached hydrogen (secondary N) is 1. The Morgan fingerprint density at radius 1 is 1.32 bits per heavy atom. The van der Waals surface area contributed by atoms with Gasteiger partial charge in [-0.25, -0.2) is 14.6 Å². The van der Waals surface area contributed by atoms with Crippen LogP contribution in [0.15, 0.2) is 18.5 Å². The first kappa shape index (κ1) is 12.2. The van der Waals surface area contributed by atoms with Gasteiger partial charge in [0, 0.05) is 11.9 Å². The Morgan fingerprint density at radius 2 is 2.26 bits per heavy atom. The van der Waals surface area contributed by atoms with E-state index in [9.17, 15) is 0 Å². The lowest BCUT2D eigenvalue weighted by Gasteiger charge is -2.16. The van der Waals surface area contributed by atoms with Crippen LogP contribution in [0.2, 0.25) is 0 Å². The van der Waals surface area contributed by atoms with Crippen LogP contribution < -0.4 is 5.32 Å². The summed E-state index contributed by atoms with van der Waals surface area (Å²) in [5.74, 6) is 0.710. The lowest BCUT2D eigenvalue weighted by Crippen LogP contribution is -2.16. The molecule has 0 saturated carbocycles. The Hall–Kier alpha value is -1.82. The summed E-state index contributed by atoms with van der Waals surface area (Å²) in [5, 5.41) is 11.7. The van der Waals surface area contributed by atoms with Crippen LogP contribution >= 0.6 is 0 Å². The maximum Gasteiger partial charge on any atom is 0.179 e. The maximum atomic E-state index is 4.47. The van der Waals surface area contributed by atoms with Crippen molar-refractivity contribution >= 4 is 0 Å². The lowest BCUT2D eigenvalue weighted by molar-refractivity contribution is 0.408. The molecule has 0 aliphatic carbocycles. The van der Waals surface area contributed by atoms with Gasteiger partial charge in [-0.1, -0.05) is 5.21 Å². The van der Waals surface area contributed by atoms with Crippen LogP contribution in [0.25, 0.3) is 11.5 Å². The van der Waals surface area contributed by atoms with Crippen LogP contribution in [0.1, 0.15) is 31.0 Å². The number of hydrogen-bond donors (Lipinski definition) is 1. The molecule has 1 saturated heterocycles. The lowest BCUT2D eigenvalue weighted by atomic mass is 10.1. The van der Waals surface area contributed by atoms with E-state index in [1.165, 1.54) is 6.42 Å². The van der Waals surface area contributed by atoms with Crippen LogP contribution in [0.4, 0.5) is 0 Å². The van der Waals surface area contributed by atoms with Crippen molar-refractivity contribution in [3.63, 3.8) is 0 Å².